The van der Waals surface area contributed by atoms with Crippen LogP contribution < -0.4 is 15.5 Å². The monoisotopic (exact) mass is 498 g/mol. The van der Waals surface area contributed by atoms with E-state index in [1.807, 2.05) is 44.3 Å². The summed E-state index contributed by atoms with van der Waals surface area (Å²) in [6, 6.07) is 7.58. The zero-order valence-electron chi connectivity index (χ0n) is 19.9. The number of aryl methyl sites for hydroxylation is 1. The van der Waals surface area contributed by atoms with Gasteiger partial charge in [0.2, 0.25) is 11.9 Å². The highest BCUT2D eigenvalue weighted by atomic mass is 32.2. The molecule has 0 bridgehead atoms. The number of anilines is 3. The van der Waals surface area contributed by atoms with E-state index < -0.39 is 0 Å². The van der Waals surface area contributed by atoms with Crippen molar-refractivity contribution in [3.63, 3.8) is 0 Å². The van der Waals surface area contributed by atoms with E-state index in [9.17, 15) is 4.79 Å². The smallest absolute Gasteiger partial charge is 0.251 e. The molecule has 0 aliphatic carbocycles. The molecule has 34 heavy (non-hydrogen) atoms. The van der Waals surface area contributed by atoms with Crippen molar-refractivity contribution in [2.45, 2.75) is 43.3 Å². The quantitative estimate of drug-likeness (QED) is 0.482. The highest BCUT2D eigenvalue weighted by Crippen LogP contribution is 2.29. The predicted octanol–water partition coefficient (Wildman–Crippen LogP) is 3.68. The third-order valence-electron chi connectivity index (χ3n) is 5.26. The number of carbonyl (C=O) groups is 1. The maximum absolute atomic E-state index is 12.2. The summed E-state index contributed by atoms with van der Waals surface area (Å²) in [5.74, 6) is 1.06. The Morgan fingerprint density at radius 2 is 1.85 bits per heavy atom. The van der Waals surface area contributed by atoms with Gasteiger partial charge in [-0.25, -0.2) is 4.98 Å². The molecule has 180 valence electrons. The molecule has 0 unspecified atom stereocenters. The second kappa shape index (κ2) is 11.1. The number of nitrogens with zero attached hydrogens (tertiary/aromatic N) is 6. The van der Waals surface area contributed by atoms with Crippen molar-refractivity contribution in [3.8, 4) is 0 Å². The fourth-order valence-corrected chi connectivity index (χ4v) is 4.83. The summed E-state index contributed by atoms with van der Waals surface area (Å²) in [5.41, 5.74) is 0.629. The molecule has 1 aromatic carbocycles. The molecule has 1 fully saturated rings. The number of rotatable bonds is 8. The Balaban J connectivity index is 1.56. The number of amides is 1. The molecule has 0 radical (unpaired) electrons. The van der Waals surface area contributed by atoms with Crippen LogP contribution >= 0.6 is 23.1 Å². The zero-order chi connectivity index (χ0) is 24.1. The van der Waals surface area contributed by atoms with Crippen LogP contribution in [0.1, 0.15) is 36.0 Å². The Bertz CT molecular complexity index is 1110. The fourth-order valence-electron chi connectivity index (χ4n) is 3.34. The minimum atomic E-state index is -0.0783. The first-order chi connectivity index (χ1) is 16.4. The van der Waals surface area contributed by atoms with E-state index in [0.717, 1.165) is 42.6 Å². The highest BCUT2D eigenvalue weighted by Gasteiger charge is 2.19. The summed E-state index contributed by atoms with van der Waals surface area (Å²) in [4.78, 5) is 37.4. The van der Waals surface area contributed by atoms with Crippen molar-refractivity contribution < 1.29 is 4.79 Å². The lowest BCUT2D eigenvalue weighted by Gasteiger charge is -2.32. The van der Waals surface area contributed by atoms with Gasteiger partial charge in [-0.1, -0.05) is 6.92 Å². The van der Waals surface area contributed by atoms with E-state index in [4.69, 9.17) is 9.97 Å². The number of thiazole rings is 1. The first-order valence-corrected chi connectivity index (χ1v) is 13.0. The third kappa shape index (κ3) is 6.43. The highest BCUT2D eigenvalue weighted by molar-refractivity contribution is 7.99. The van der Waals surface area contributed by atoms with Gasteiger partial charge in [-0.3, -0.25) is 10.1 Å². The summed E-state index contributed by atoms with van der Waals surface area (Å²) in [6.45, 7) is 9.65. The number of carbonyl (C=O) groups excluding carboxylic acids is 1. The second-order valence-corrected chi connectivity index (χ2v) is 10.6. The van der Waals surface area contributed by atoms with Gasteiger partial charge in [0.1, 0.15) is 0 Å². The number of nitrogens with one attached hydrogen (secondary N) is 2. The fraction of sp³-hybridized carbons (Fsp3) is 0.435. The third-order valence-corrected chi connectivity index (χ3v) is 7.19. The van der Waals surface area contributed by atoms with Crippen LogP contribution in [-0.2, 0) is 6.42 Å². The molecule has 0 spiro atoms. The molecule has 1 amide bonds. The van der Waals surface area contributed by atoms with E-state index in [-0.39, 0.29) is 11.9 Å². The van der Waals surface area contributed by atoms with Crippen molar-refractivity contribution in [1.29, 1.82) is 0 Å². The summed E-state index contributed by atoms with van der Waals surface area (Å²) in [5, 5.41) is 7.53. The lowest BCUT2D eigenvalue weighted by molar-refractivity contribution is 0.0943. The second-order valence-electron chi connectivity index (χ2n) is 8.40. The van der Waals surface area contributed by atoms with Gasteiger partial charge in [0, 0.05) is 53.8 Å². The number of piperazine rings is 1. The van der Waals surface area contributed by atoms with Crippen molar-refractivity contribution in [3.05, 3.63) is 40.9 Å². The average Bonchev–Trinajstić information content (AvgIpc) is 3.27. The van der Waals surface area contributed by atoms with E-state index in [0.29, 0.717) is 22.6 Å². The van der Waals surface area contributed by atoms with Crippen molar-refractivity contribution in [1.82, 2.24) is 30.2 Å². The Morgan fingerprint density at radius 1 is 1.12 bits per heavy atom. The van der Waals surface area contributed by atoms with Crippen LogP contribution in [0.25, 0.3) is 0 Å². The Kier molecular flexibility index (Phi) is 7.96. The van der Waals surface area contributed by atoms with Crippen LogP contribution in [0.2, 0.25) is 0 Å². The van der Waals surface area contributed by atoms with E-state index >= 15 is 0 Å². The lowest BCUT2D eigenvalue weighted by atomic mass is 10.2. The van der Waals surface area contributed by atoms with Crippen LogP contribution in [0.3, 0.4) is 0 Å². The minimum Gasteiger partial charge on any atom is -0.350 e. The number of hydrogen-bond acceptors (Lipinski definition) is 10. The molecular weight excluding hydrogens is 468 g/mol. The number of hydrogen-bond donors (Lipinski definition) is 2. The molecule has 1 aliphatic heterocycles. The lowest BCUT2D eigenvalue weighted by Crippen LogP contribution is -2.45. The average molecular weight is 499 g/mol. The van der Waals surface area contributed by atoms with Gasteiger partial charge in [-0.2, -0.15) is 15.0 Å². The molecule has 0 atom stereocenters. The summed E-state index contributed by atoms with van der Waals surface area (Å²) >= 11 is 3.05. The maximum atomic E-state index is 12.2. The van der Waals surface area contributed by atoms with Crippen molar-refractivity contribution in [2.75, 3.05) is 43.4 Å². The number of benzene rings is 1. The maximum Gasteiger partial charge on any atom is 0.251 e. The standard InChI is InChI=1S/C23H30N8OS2/c1-5-17-14-24-22(33-17)27-20-26-21(31-12-10-30(4)11-13-31)29-23(28-20)34-18-8-6-16(7-9-18)19(32)25-15(2)3/h6-9,14-15H,5,10-13H2,1-4H3,(H,25,32)(H,24,26,27,28,29). The largest absolute Gasteiger partial charge is 0.350 e. The molecular formula is C23H30N8OS2. The molecule has 3 aromatic rings. The topological polar surface area (TPSA) is 99.2 Å². The van der Waals surface area contributed by atoms with Gasteiger partial charge >= 0.3 is 0 Å². The molecule has 2 aromatic heterocycles. The molecule has 2 N–H and O–H groups in total. The Hall–Kier alpha value is -2.76. The van der Waals surface area contributed by atoms with Crippen LogP contribution in [0.4, 0.5) is 17.0 Å². The zero-order valence-corrected chi connectivity index (χ0v) is 21.5. The van der Waals surface area contributed by atoms with Gasteiger partial charge in [0.15, 0.2) is 10.3 Å². The summed E-state index contributed by atoms with van der Waals surface area (Å²) in [7, 11) is 2.12. The predicted molar refractivity (Wildman–Crippen MR) is 137 cm³/mol. The summed E-state index contributed by atoms with van der Waals surface area (Å²) < 4.78 is 0. The van der Waals surface area contributed by atoms with Crippen molar-refractivity contribution in [2.24, 2.45) is 0 Å². The molecule has 9 nitrogen and oxygen atoms in total. The number of likely N-dealkylation sites (N-methyl/N-ethyl adjacent to an activating group) is 1. The molecule has 11 heteroatoms. The Morgan fingerprint density at radius 3 is 2.50 bits per heavy atom. The summed E-state index contributed by atoms with van der Waals surface area (Å²) in [6.07, 6.45) is 2.82. The van der Waals surface area contributed by atoms with Crippen LogP contribution in [0.5, 0.6) is 0 Å². The van der Waals surface area contributed by atoms with Crippen molar-refractivity contribution >= 4 is 46.0 Å². The minimum absolute atomic E-state index is 0.0783. The normalized spacial score (nSPS) is 14.4. The number of aromatic nitrogens is 4. The van der Waals surface area contributed by atoms with Gasteiger partial charge in [0.05, 0.1) is 0 Å². The molecule has 4 rings (SSSR count). The SMILES string of the molecule is CCc1cnc(Nc2nc(Sc3ccc(C(=O)NC(C)C)cc3)nc(N3CCN(C)CC3)n2)s1. The molecule has 0 saturated carbocycles. The van der Waals surface area contributed by atoms with E-state index in [2.05, 4.69) is 44.4 Å². The van der Waals surface area contributed by atoms with Crippen LogP contribution in [0, 0.1) is 0 Å². The van der Waals surface area contributed by atoms with Gasteiger partial charge in [-0.05, 0) is 63.3 Å². The van der Waals surface area contributed by atoms with E-state index in [1.54, 1.807) is 11.3 Å². The first-order valence-electron chi connectivity index (χ1n) is 11.4. The molecule has 1 saturated heterocycles. The Labute approximate surface area is 208 Å². The van der Waals surface area contributed by atoms with Gasteiger partial charge < -0.3 is 15.1 Å². The van der Waals surface area contributed by atoms with Crippen LogP contribution in [0.15, 0.2) is 40.5 Å². The molecule has 1 aliphatic rings. The first kappa shape index (κ1) is 24.4. The van der Waals surface area contributed by atoms with Gasteiger partial charge in [-0.15, -0.1) is 11.3 Å². The molecule has 3 heterocycles. The van der Waals surface area contributed by atoms with Crippen LogP contribution in [-0.4, -0.2) is 70.0 Å². The van der Waals surface area contributed by atoms with Gasteiger partial charge in [0.25, 0.3) is 5.91 Å². The van der Waals surface area contributed by atoms with E-state index in [1.165, 1.54) is 16.6 Å².